The summed E-state index contributed by atoms with van der Waals surface area (Å²) in [5.74, 6) is -0.702. The number of sulfonamides is 1. The molecule has 0 aromatic heterocycles. The zero-order valence-electron chi connectivity index (χ0n) is 23.8. The smallest absolute Gasteiger partial charge is 0.264 e. The normalized spacial score (nSPS) is 14.4. The lowest BCUT2D eigenvalue weighted by Gasteiger charge is -2.32. The molecular formula is C32H38ClN3O4S. The summed E-state index contributed by atoms with van der Waals surface area (Å²) in [6.07, 6.45) is 4.51. The summed E-state index contributed by atoms with van der Waals surface area (Å²) in [7, 11) is -4.13. The van der Waals surface area contributed by atoms with Crippen molar-refractivity contribution in [1.82, 2.24) is 10.2 Å². The van der Waals surface area contributed by atoms with Crippen LogP contribution < -0.4 is 9.62 Å². The lowest BCUT2D eigenvalue weighted by molar-refractivity contribution is -0.139. The molecule has 9 heteroatoms. The molecule has 1 atom stereocenters. The maximum absolute atomic E-state index is 14.0. The summed E-state index contributed by atoms with van der Waals surface area (Å²) < 4.78 is 29.0. The highest BCUT2D eigenvalue weighted by Gasteiger charge is 2.33. The Balaban J connectivity index is 1.66. The van der Waals surface area contributed by atoms with E-state index in [0.717, 1.165) is 46.7 Å². The van der Waals surface area contributed by atoms with Gasteiger partial charge in [-0.3, -0.25) is 13.9 Å². The minimum absolute atomic E-state index is 0.0652. The summed E-state index contributed by atoms with van der Waals surface area (Å²) in [5.41, 5.74) is 3.00. The van der Waals surface area contributed by atoms with Crippen molar-refractivity contribution in [2.24, 2.45) is 0 Å². The zero-order valence-corrected chi connectivity index (χ0v) is 25.4. The number of amides is 2. The molecule has 3 aromatic rings. The number of hydrogen-bond donors (Lipinski definition) is 1. The van der Waals surface area contributed by atoms with Gasteiger partial charge >= 0.3 is 0 Å². The fraction of sp³-hybridized carbons (Fsp3) is 0.375. The van der Waals surface area contributed by atoms with Crippen LogP contribution in [-0.4, -0.2) is 50.3 Å². The highest BCUT2D eigenvalue weighted by Crippen LogP contribution is 2.29. The van der Waals surface area contributed by atoms with E-state index in [1.807, 2.05) is 44.2 Å². The third-order valence-electron chi connectivity index (χ3n) is 7.68. The third-order valence-corrected chi connectivity index (χ3v) is 9.88. The Kier molecular flexibility index (Phi) is 10.1. The van der Waals surface area contributed by atoms with Gasteiger partial charge in [-0.25, -0.2) is 8.42 Å². The van der Waals surface area contributed by atoms with Gasteiger partial charge in [0.25, 0.3) is 10.0 Å². The Morgan fingerprint density at radius 2 is 1.63 bits per heavy atom. The van der Waals surface area contributed by atoms with E-state index in [-0.39, 0.29) is 29.1 Å². The summed E-state index contributed by atoms with van der Waals surface area (Å²) >= 11 is 6.39. The van der Waals surface area contributed by atoms with Gasteiger partial charge in [-0.15, -0.1) is 0 Å². The summed E-state index contributed by atoms with van der Waals surface area (Å²) in [4.78, 5) is 28.9. The lowest BCUT2D eigenvalue weighted by atomic mass is 10.1. The molecule has 0 unspecified atom stereocenters. The van der Waals surface area contributed by atoms with E-state index < -0.39 is 28.5 Å². The minimum Gasteiger partial charge on any atom is -0.352 e. The molecule has 1 fully saturated rings. The standard InChI is InChI=1S/C32H38ClN3O4S/c1-23-13-17-29(18-14-23)41(39,40)36(28-16-15-24(2)30(33)21-28)22-31(37)35(20-19-26-9-5-4-6-10-26)25(3)32(38)34-27-11-7-8-12-27/h4-6,9-10,13-18,21,25,27H,7-8,11-12,19-20,22H2,1-3H3,(H,34,38)/t25-/m1/s1. The molecule has 1 aliphatic carbocycles. The van der Waals surface area contributed by atoms with E-state index in [4.69, 9.17) is 11.6 Å². The average molecular weight is 596 g/mol. The van der Waals surface area contributed by atoms with Crippen LogP contribution >= 0.6 is 11.6 Å². The summed E-state index contributed by atoms with van der Waals surface area (Å²) in [5, 5.41) is 3.48. The van der Waals surface area contributed by atoms with Crippen molar-refractivity contribution < 1.29 is 18.0 Å². The number of nitrogens with one attached hydrogen (secondary N) is 1. The van der Waals surface area contributed by atoms with Crippen molar-refractivity contribution in [3.63, 3.8) is 0 Å². The molecule has 0 radical (unpaired) electrons. The molecule has 0 heterocycles. The lowest BCUT2D eigenvalue weighted by Crippen LogP contribution is -2.53. The first-order valence-electron chi connectivity index (χ1n) is 14.1. The van der Waals surface area contributed by atoms with Crippen LogP contribution in [-0.2, 0) is 26.0 Å². The Labute approximate surface area is 248 Å². The first kappa shape index (κ1) is 30.6. The van der Waals surface area contributed by atoms with Crippen molar-refractivity contribution in [2.45, 2.75) is 69.9 Å². The third kappa shape index (κ3) is 7.68. The van der Waals surface area contributed by atoms with Crippen LogP contribution in [0.3, 0.4) is 0 Å². The maximum Gasteiger partial charge on any atom is 0.264 e. The van der Waals surface area contributed by atoms with Gasteiger partial charge in [0, 0.05) is 17.6 Å². The SMILES string of the molecule is Cc1ccc(S(=O)(=O)N(CC(=O)N(CCc2ccccc2)[C@H](C)C(=O)NC2CCCC2)c2ccc(C)c(Cl)c2)cc1. The molecule has 0 bridgehead atoms. The van der Waals surface area contributed by atoms with Crippen LogP contribution in [0.15, 0.2) is 77.7 Å². The Morgan fingerprint density at radius 1 is 0.976 bits per heavy atom. The average Bonchev–Trinajstić information content (AvgIpc) is 3.47. The van der Waals surface area contributed by atoms with Crippen molar-refractivity contribution >= 4 is 39.1 Å². The number of anilines is 1. The van der Waals surface area contributed by atoms with Gasteiger partial charge in [0.05, 0.1) is 10.6 Å². The number of nitrogens with zero attached hydrogens (tertiary/aromatic N) is 2. The number of rotatable bonds is 11. The molecule has 7 nitrogen and oxygen atoms in total. The van der Waals surface area contributed by atoms with Crippen molar-refractivity contribution in [3.05, 3.63) is 94.5 Å². The molecular weight excluding hydrogens is 558 g/mol. The molecule has 1 N–H and O–H groups in total. The predicted octanol–water partition coefficient (Wildman–Crippen LogP) is 5.67. The van der Waals surface area contributed by atoms with Crippen LogP contribution in [0.1, 0.15) is 49.3 Å². The van der Waals surface area contributed by atoms with Gasteiger partial charge < -0.3 is 10.2 Å². The molecule has 1 saturated carbocycles. The maximum atomic E-state index is 14.0. The first-order valence-corrected chi connectivity index (χ1v) is 15.9. The monoisotopic (exact) mass is 595 g/mol. The van der Waals surface area contributed by atoms with Crippen LogP contribution in [0.25, 0.3) is 0 Å². The van der Waals surface area contributed by atoms with E-state index in [0.29, 0.717) is 11.4 Å². The number of halogens is 1. The van der Waals surface area contributed by atoms with E-state index in [9.17, 15) is 18.0 Å². The highest BCUT2D eigenvalue weighted by molar-refractivity contribution is 7.92. The second-order valence-electron chi connectivity index (χ2n) is 10.7. The fourth-order valence-electron chi connectivity index (χ4n) is 5.07. The summed E-state index contributed by atoms with van der Waals surface area (Å²) in [6, 6.07) is 20.5. The minimum atomic E-state index is -4.13. The predicted molar refractivity (Wildman–Crippen MR) is 164 cm³/mol. The Bertz CT molecular complexity index is 1460. The molecule has 218 valence electrons. The summed E-state index contributed by atoms with van der Waals surface area (Å²) in [6.45, 7) is 5.18. The Morgan fingerprint density at radius 3 is 2.27 bits per heavy atom. The van der Waals surface area contributed by atoms with Crippen molar-refractivity contribution in [2.75, 3.05) is 17.4 Å². The number of hydrogen-bond acceptors (Lipinski definition) is 4. The van der Waals surface area contributed by atoms with Crippen molar-refractivity contribution in [1.29, 1.82) is 0 Å². The van der Waals surface area contributed by atoms with Crippen LogP contribution in [0.4, 0.5) is 5.69 Å². The van der Waals surface area contributed by atoms with Gasteiger partial charge in [0.15, 0.2) is 0 Å². The largest absolute Gasteiger partial charge is 0.352 e. The van der Waals surface area contributed by atoms with E-state index in [1.165, 1.54) is 17.0 Å². The van der Waals surface area contributed by atoms with Gasteiger partial charge in [0.1, 0.15) is 12.6 Å². The Hall–Kier alpha value is -3.36. The van der Waals surface area contributed by atoms with Crippen molar-refractivity contribution in [3.8, 4) is 0 Å². The molecule has 0 aliphatic heterocycles. The molecule has 2 amide bonds. The zero-order chi connectivity index (χ0) is 29.6. The topological polar surface area (TPSA) is 86.8 Å². The van der Waals surface area contributed by atoms with Gasteiger partial charge in [0.2, 0.25) is 11.8 Å². The quantitative estimate of drug-likeness (QED) is 0.309. The molecule has 0 saturated heterocycles. The molecule has 1 aliphatic rings. The van der Waals surface area contributed by atoms with Gasteiger partial charge in [-0.05, 0) is 75.4 Å². The van der Waals surface area contributed by atoms with Gasteiger partial charge in [-0.2, -0.15) is 0 Å². The van der Waals surface area contributed by atoms with E-state index >= 15 is 0 Å². The molecule has 4 rings (SSSR count). The second kappa shape index (κ2) is 13.5. The molecule has 41 heavy (non-hydrogen) atoms. The van der Waals surface area contributed by atoms with Crippen LogP contribution in [0.2, 0.25) is 5.02 Å². The first-order chi connectivity index (χ1) is 19.6. The van der Waals surface area contributed by atoms with Crippen LogP contribution in [0, 0.1) is 13.8 Å². The fourth-order valence-corrected chi connectivity index (χ4v) is 6.65. The highest BCUT2D eigenvalue weighted by atomic mass is 35.5. The van der Waals surface area contributed by atoms with E-state index in [2.05, 4.69) is 5.32 Å². The second-order valence-corrected chi connectivity index (χ2v) is 13.0. The molecule has 0 spiro atoms. The number of benzene rings is 3. The molecule has 3 aromatic carbocycles. The van der Waals surface area contributed by atoms with Crippen LogP contribution in [0.5, 0.6) is 0 Å². The number of carbonyl (C=O) groups excluding carboxylic acids is 2. The van der Waals surface area contributed by atoms with Gasteiger partial charge in [-0.1, -0.05) is 78.5 Å². The van der Waals surface area contributed by atoms with E-state index in [1.54, 1.807) is 37.3 Å². The number of carbonyl (C=O) groups is 2. The number of aryl methyl sites for hydroxylation is 2.